The molecule has 480 valence electrons. The van der Waals surface area contributed by atoms with Crippen molar-refractivity contribution in [2.75, 3.05) is 121 Å². The molecule has 0 aliphatic carbocycles. The molecular formula is C42H67N13O26S4. The van der Waals surface area contributed by atoms with Crippen molar-refractivity contribution in [2.45, 2.75) is 63.2 Å². The average molecular weight is 1300 g/mol. The first-order valence-electron chi connectivity index (χ1n) is 25.1. The van der Waals surface area contributed by atoms with E-state index in [9.17, 15) is 98.0 Å². The number of rotatable bonds is 42. The van der Waals surface area contributed by atoms with Crippen molar-refractivity contribution in [3.05, 3.63) is 59.5 Å². The lowest BCUT2D eigenvalue weighted by Gasteiger charge is -2.29. The summed E-state index contributed by atoms with van der Waals surface area (Å²) in [7, 11) is -20.3. The Hall–Kier alpha value is -7.33. The van der Waals surface area contributed by atoms with Crippen molar-refractivity contribution in [3.63, 3.8) is 0 Å². The number of carboxylic acids is 1. The molecule has 4 amide bonds. The molecule has 2 aromatic carbocycles. The fourth-order valence-electron chi connectivity index (χ4n) is 7.92. The Morgan fingerprint density at radius 2 is 0.835 bits per heavy atom. The maximum Gasteiger partial charge on any atom is 0.397 e. The van der Waals surface area contributed by atoms with Gasteiger partial charge in [-0.25, -0.2) is 34.6 Å². The van der Waals surface area contributed by atoms with Gasteiger partial charge in [0.2, 0.25) is 23.6 Å². The summed E-state index contributed by atoms with van der Waals surface area (Å²) in [5.41, 5.74) is -4.18. The van der Waals surface area contributed by atoms with Crippen molar-refractivity contribution in [1.29, 1.82) is 0 Å². The standard InChI is InChI=1S/C42H65N13O25S4.H2O/c1-5-11-51(12-6-2)41-32(45-62)21-30(22-33(41)53(63)64)81(69,70)46-38(58)27-48(16-18-50(29-40(60)61)26-37(57)44-10-20-80-84(76,77)78)15-17-49(25-36(56)43-9-19-79-83(73,74)75)28-39(59)47-82(71,72)31-23-34(54(65)66)42(35(24-31)55(67)68)52(13-7-3)14-8-4;/h21-24H,5-20,25-29H2,1-4H3,(H,43,56)(H,44,57)(H,46,58)(H,47,59)(H,60,61)(H,73,74,75)(H,76,77,78);1H2. The third-order valence-electron chi connectivity index (χ3n) is 11.1. The van der Waals surface area contributed by atoms with E-state index in [4.69, 9.17) is 9.11 Å². The second-order valence-electron chi connectivity index (χ2n) is 17.8. The van der Waals surface area contributed by atoms with E-state index >= 15 is 0 Å². The maximum absolute atomic E-state index is 13.8. The molecule has 0 unspecified atom stereocenters. The molecule has 0 saturated heterocycles. The van der Waals surface area contributed by atoms with Gasteiger partial charge in [-0.2, -0.15) is 16.8 Å². The van der Waals surface area contributed by atoms with E-state index in [1.807, 2.05) is 0 Å². The van der Waals surface area contributed by atoms with Crippen LogP contribution in [-0.2, 0) is 73.2 Å². The molecule has 0 fully saturated rings. The van der Waals surface area contributed by atoms with E-state index < -0.39 is 209 Å². The van der Waals surface area contributed by atoms with E-state index in [0.717, 1.165) is 20.8 Å². The summed E-state index contributed by atoms with van der Waals surface area (Å²) in [6, 6.07) is 2.30. The van der Waals surface area contributed by atoms with Gasteiger partial charge in [-0.1, -0.05) is 27.7 Å². The summed E-state index contributed by atoms with van der Waals surface area (Å²) in [5.74, 6) is -6.47. The molecule has 43 heteroatoms. The Morgan fingerprint density at radius 3 is 1.18 bits per heavy atom. The van der Waals surface area contributed by atoms with Crippen LogP contribution in [0.4, 0.5) is 34.1 Å². The number of nitro benzene ring substituents is 3. The van der Waals surface area contributed by atoms with Gasteiger partial charge in [0.1, 0.15) is 9.79 Å². The number of aliphatic carboxylic acids is 1. The fourth-order valence-corrected chi connectivity index (χ4v) is 10.5. The van der Waals surface area contributed by atoms with Gasteiger partial charge in [0.05, 0.1) is 60.7 Å². The number of anilines is 2. The van der Waals surface area contributed by atoms with Gasteiger partial charge in [0.25, 0.3) is 25.7 Å². The second kappa shape index (κ2) is 35.2. The highest BCUT2D eigenvalue weighted by Crippen LogP contribution is 2.40. The van der Waals surface area contributed by atoms with Crippen LogP contribution in [0, 0.1) is 35.3 Å². The molecule has 9 N–H and O–H groups in total. The molecule has 2 rings (SSSR count). The van der Waals surface area contributed by atoms with Crippen molar-refractivity contribution < 1.29 is 106 Å². The van der Waals surface area contributed by atoms with Gasteiger partial charge in [-0.3, -0.25) is 78.1 Å². The van der Waals surface area contributed by atoms with Crippen molar-refractivity contribution in [2.24, 2.45) is 0 Å². The van der Waals surface area contributed by atoms with Crippen molar-refractivity contribution >= 4 is 105 Å². The average Bonchev–Trinajstić information content (AvgIpc) is 2.41. The molecular weight excluding hydrogens is 1230 g/mol. The molecule has 0 heterocycles. The summed E-state index contributed by atoms with van der Waals surface area (Å²) in [6.45, 7) is -2.43. The number of carboxylic acid groups (broad SMARTS) is 1. The molecule has 85 heavy (non-hydrogen) atoms. The van der Waals surface area contributed by atoms with Crippen LogP contribution in [0.15, 0.2) is 34.1 Å². The summed E-state index contributed by atoms with van der Waals surface area (Å²) in [5, 5.41) is 52.5. The van der Waals surface area contributed by atoms with E-state index in [1.54, 1.807) is 37.1 Å². The predicted molar refractivity (Wildman–Crippen MR) is 293 cm³/mol. The lowest BCUT2D eigenvalue weighted by atomic mass is 10.2. The van der Waals surface area contributed by atoms with Crippen LogP contribution in [0.5, 0.6) is 0 Å². The van der Waals surface area contributed by atoms with Gasteiger partial charge >= 0.3 is 43.8 Å². The molecule has 0 bridgehead atoms. The smallest absolute Gasteiger partial charge is 0.397 e. The lowest BCUT2D eigenvalue weighted by Crippen LogP contribution is -2.57. The molecule has 2 aromatic rings. The maximum atomic E-state index is 13.8. The quantitative estimate of drug-likeness (QED) is 0.0143. The number of hydrogen-bond acceptors (Lipinski definition) is 28. The molecule has 0 spiro atoms. The molecule has 0 atom stereocenters. The minimum absolute atomic E-state index is 0. The Morgan fingerprint density at radius 1 is 0.518 bits per heavy atom. The highest BCUT2D eigenvalue weighted by atomic mass is 32.3. The number of carbonyl (C=O) groups excluding carboxylic acids is 4. The van der Waals surface area contributed by atoms with Gasteiger partial charge in [-0.05, 0) is 25.7 Å². The van der Waals surface area contributed by atoms with Gasteiger partial charge < -0.3 is 31.0 Å². The van der Waals surface area contributed by atoms with Gasteiger partial charge in [-0.15, -0.1) is 0 Å². The number of benzene rings is 2. The molecule has 0 aliphatic rings. The van der Waals surface area contributed by atoms with Crippen LogP contribution in [0.1, 0.15) is 53.4 Å². The molecule has 0 saturated carbocycles. The summed E-state index contributed by atoms with van der Waals surface area (Å²) >= 11 is 0. The van der Waals surface area contributed by atoms with Crippen molar-refractivity contribution in [1.82, 2.24) is 34.8 Å². The predicted octanol–water partition coefficient (Wildman–Crippen LogP) is -2.86. The van der Waals surface area contributed by atoms with Crippen LogP contribution >= 0.6 is 0 Å². The Kier molecular flexibility index (Phi) is 31.3. The first-order chi connectivity index (χ1) is 39.1. The number of nitrogens with one attached hydrogen (secondary N) is 5. The molecule has 0 aromatic heterocycles. The third-order valence-corrected chi connectivity index (χ3v) is 14.8. The minimum Gasteiger partial charge on any atom is -0.870 e. The zero-order chi connectivity index (χ0) is 63.8. The number of carbonyl (C=O) groups is 5. The Bertz CT molecular complexity index is 3130. The van der Waals surface area contributed by atoms with Gasteiger partial charge in [0, 0.05) is 99.8 Å². The van der Waals surface area contributed by atoms with Crippen LogP contribution in [0.3, 0.4) is 0 Å². The largest absolute Gasteiger partial charge is 0.870 e. The van der Waals surface area contributed by atoms with Crippen molar-refractivity contribution in [3.8, 4) is 0 Å². The van der Waals surface area contributed by atoms with Crippen LogP contribution in [0.25, 0.3) is 0 Å². The highest BCUT2D eigenvalue weighted by Gasteiger charge is 2.36. The van der Waals surface area contributed by atoms with E-state index in [0.29, 0.717) is 43.9 Å². The monoisotopic (exact) mass is 1300 g/mol. The first kappa shape index (κ1) is 75.7. The zero-order valence-electron chi connectivity index (χ0n) is 46.1. The SMILES string of the molecule is CCCN(CCC)c1c([NH+]=O)cc(S(=O)(=O)NC(=O)CN(CCN(CC(=O)O)CC(=O)NCCOS(=O)(=O)O)CCN(CC(=O)NCCOS(=O)(=O)O)CC(=O)NS(=O)(=O)c2cc([N+](=O)[O-])c(N(CCC)CCC)c([N+](=O)[O-])c2)cc1[N+](=O)[O-].[OH-]. The number of sulfonamides is 2. The van der Waals surface area contributed by atoms with Crippen LogP contribution < -0.4 is 35.1 Å². The van der Waals surface area contributed by atoms with Crippen LogP contribution in [-0.4, -0.2) is 224 Å². The molecule has 0 aliphatic heterocycles. The summed E-state index contributed by atoms with van der Waals surface area (Å²) in [4.78, 5) is 115. The molecule has 39 nitrogen and oxygen atoms in total. The Labute approximate surface area is 487 Å². The third kappa shape index (κ3) is 26.6. The van der Waals surface area contributed by atoms with E-state index in [-0.39, 0.29) is 37.3 Å². The topological polar surface area (TPSA) is 556 Å². The summed E-state index contributed by atoms with van der Waals surface area (Å²) in [6.07, 6.45) is 1.61. The Balaban J connectivity index is 0.0000361. The zero-order valence-corrected chi connectivity index (χ0v) is 49.4. The minimum atomic E-state index is -5.27. The molecule has 0 radical (unpaired) electrons. The normalized spacial score (nSPS) is 11.8. The second-order valence-corrected chi connectivity index (χ2v) is 23.4. The number of hydrogen-bond donors (Lipinski definition) is 8. The number of amides is 4. The number of nitroso groups, excluding NO2 is 1. The highest BCUT2D eigenvalue weighted by molar-refractivity contribution is 7.90. The number of nitrogens with zero attached hydrogens (tertiary/aromatic N) is 8. The van der Waals surface area contributed by atoms with Gasteiger partial charge in [0.15, 0.2) is 11.4 Å². The number of nitro groups is 3. The lowest BCUT2D eigenvalue weighted by molar-refractivity contribution is -0.393. The summed E-state index contributed by atoms with van der Waals surface area (Å²) < 4.78 is 128. The van der Waals surface area contributed by atoms with Crippen LogP contribution in [0.2, 0.25) is 0 Å². The van der Waals surface area contributed by atoms with E-state index in [2.05, 4.69) is 19.0 Å². The fraction of sp³-hybridized carbons (Fsp3) is 0.595. The first-order valence-corrected chi connectivity index (χ1v) is 30.8. The van der Waals surface area contributed by atoms with E-state index in [1.165, 1.54) is 15.0 Å².